The van der Waals surface area contributed by atoms with Gasteiger partial charge in [0.15, 0.2) is 0 Å². The molecule has 0 saturated carbocycles. The molecule has 0 amide bonds. The standard InChI is InChI=1S/C15H19O2/c16-12-11-15(13-17)10-6-2-5-9-14-7-3-1-4-8-14/h1,3-4,7-8,12,15H,2,5-6,9-11H2. The SMILES string of the molecule is O=[C]C(CC=O)CCCCCc1ccccc1. The predicted molar refractivity (Wildman–Crippen MR) is 68.5 cm³/mol. The highest BCUT2D eigenvalue weighted by molar-refractivity contribution is 5.62. The first-order valence-electron chi connectivity index (χ1n) is 6.22. The maximum absolute atomic E-state index is 10.5. The van der Waals surface area contributed by atoms with Crippen molar-refractivity contribution in [2.45, 2.75) is 38.5 Å². The van der Waals surface area contributed by atoms with Crippen LogP contribution in [-0.4, -0.2) is 12.6 Å². The Morgan fingerprint density at radius 2 is 1.88 bits per heavy atom. The lowest BCUT2D eigenvalue weighted by atomic mass is 9.99. The Bertz CT molecular complexity index is 319. The Kier molecular flexibility index (Phi) is 6.96. The molecule has 1 aromatic rings. The van der Waals surface area contributed by atoms with Crippen molar-refractivity contribution in [2.75, 3.05) is 0 Å². The Balaban J connectivity index is 2.08. The summed E-state index contributed by atoms with van der Waals surface area (Å²) in [5.74, 6) is -0.191. The molecule has 0 fully saturated rings. The second-order valence-electron chi connectivity index (χ2n) is 4.30. The number of hydrogen-bond acceptors (Lipinski definition) is 2. The molecule has 0 aliphatic rings. The van der Waals surface area contributed by atoms with Crippen LogP contribution in [0, 0.1) is 5.92 Å². The fourth-order valence-electron chi connectivity index (χ4n) is 1.88. The molecule has 0 spiro atoms. The van der Waals surface area contributed by atoms with E-state index in [4.69, 9.17) is 0 Å². The molecule has 2 nitrogen and oxygen atoms in total. The van der Waals surface area contributed by atoms with Gasteiger partial charge in [-0.1, -0.05) is 43.2 Å². The normalized spacial score (nSPS) is 12.0. The molecule has 0 heterocycles. The van der Waals surface area contributed by atoms with Gasteiger partial charge in [0.05, 0.1) is 0 Å². The lowest BCUT2D eigenvalue weighted by molar-refractivity contribution is -0.108. The van der Waals surface area contributed by atoms with Crippen molar-refractivity contribution in [3.8, 4) is 0 Å². The van der Waals surface area contributed by atoms with Crippen LogP contribution < -0.4 is 0 Å². The average molecular weight is 231 g/mol. The van der Waals surface area contributed by atoms with Crippen molar-refractivity contribution in [3.63, 3.8) is 0 Å². The monoisotopic (exact) mass is 231 g/mol. The third kappa shape index (κ3) is 6.00. The summed E-state index contributed by atoms with van der Waals surface area (Å²) in [6.07, 6.45) is 8.17. The van der Waals surface area contributed by atoms with E-state index >= 15 is 0 Å². The van der Waals surface area contributed by atoms with Crippen molar-refractivity contribution in [1.82, 2.24) is 0 Å². The first kappa shape index (κ1) is 13.6. The second kappa shape index (κ2) is 8.68. The maximum atomic E-state index is 10.5. The van der Waals surface area contributed by atoms with Gasteiger partial charge in [-0.3, -0.25) is 4.79 Å². The Morgan fingerprint density at radius 3 is 2.53 bits per heavy atom. The van der Waals surface area contributed by atoms with Crippen molar-refractivity contribution >= 4 is 12.6 Å². The highest BCUT2D eigenvalue weighted by atomic mass is 16.1. The van der Waals surface area contributed by atoms with E-state index in [0.29, 0.717) is 6.42 Å². The summed E-state index contributed by atoms with van der Waals surface area (Å²) in [5.41, 5.74) is 1.36. The van der Waals surface area contributed by atoms with Gasteiger partial charge in [0.2, 0.25) is 6.29 Å². The minimum atomic E-state index is -0.191. The number of rotatable bonds is 9. The summed E-state index contributed by atoms with van der Waals surface area (Å²) < 4.78 is 0. The third-order valence-corrected chi connectivity index (χ3v) is 2.91. The summed E-state index contributed by atoms with van der Waals surface area (Å²) in [6.45, 7) is 0. The van der Waals surface area contributed by atoms with Crippen LogP contribution in [0.15, 0.2) is 30.3 Å². The summed E-state index contributed by atoms with van der Waals surface area (Å²) in [5, 5.41) is 0. The minimum absolute atomic E-state index is 0.191. The van der Waals surface area contributed by atoms with Crippen molar-refractivity contribution < 1.29 is 9.59 Å². The molecule has 0 N–H and O–H groups in total. The van der Waals surface area contributed by atoms with E-state index < -0.39 is 0 Å². The van der Waals surface area contributed by atoms with Gasteiger partial charge >= 0.3 is 0 Å². The zero-order chi connectivity index (χ0) is 12.3. The second-order valence-corrected chi connectivity index (χ2v) is 4.30. The summed E-state index contributed by atoms with van der Waals surface area (Å²) in [7, 11) is 0. The zero-order valence-electron chi connectivity index (χ0n) is 10.1. The lowest BCUT2D eigenvalue weighted by Gasteiger charge is -2.05. The Morgan fingerprint density at radius 1 is 1.12 bits per heavy atom. The minimum Gasteiger partial charge on any atom is -0.303 e. The molecule has 0 aliphatic heterocycles. The number of aldehydes is 1. The zero-order valence-corrected chi connectivity index (χ0v) is 10.1. The highest BCUT2D eigenvalue weighted by Gasteiger charge is 2.06. The Hall–Kier alpha value is -1.44. The lowest BCUT2D eigenvalue weighted by Crippen LogP contribution is -2.02. The molecular formula is C15H19O2. The summed E-state index contributed by atoms with van der Waals surface area (Å²) >= 11 is 0. The molecule has 1 unspecified atom stereocenters. The third-order valence-electron chi connectivity index (χ3n) is 2.91. The first-order valence-corrected chi connectivity index (χ1v) is 6.22. The predicted octanol–water partition coefficient (Wildman–Crippen LogP) is 3.10. The van der Waals surface area contributed by atoms with E-state index in [1.54, 1.807) is 0 Å². The molecule has 0 bridgehead atoms. The van der Waals surface area contributed by atoms with E-state index in [-0.39, 0.29) is 5.92 Å². The van der Waals surface area contributed by atoms with Crippen LogP contribution in [0.2, 0.25) is 0 Å². The van der Waals surface area contributed by atoms with Crippen LogP contribution in [0.3, 0.4) is 0 Å². The van der Waals surface area contributed by atoms with Gasteiger partial charge in [0, 0.05) is 12.3 Å². The van der Waals surface area contributed by atoms with Crippen LogP contribution in [0.1, 0.15) is 37.7 Å². The van der Waals surface area contributed by atoms with Gasteiger partial charge in [0.1, 0.15) is 6.29 Å². The number of benzene rings is 1. The van der Waals surface area contributed by atoms with E-state index in [1.165, 1.54) is 5.56 Å². The molecule has 0 aromatic heterocycles. The van der Waals surface area contributed by atoms with Crippen LogP contribution in [0.4, 0.5) is 0 Å². The number of hydrogen-bond donors (Lipinski definition) is 0. The van der Waals surface area contributed by atoms with E-state index in [0.717, 1.165) is 38.4 Å². The molecule has 0 aliphatic carbocycles. The van der Waals surface area contributed by atoms with E-state index in [2.05, 4.69) is 24.3 Å². The van der Waals surface area contributed by atoms with Gasteiger partial charge in [-0.05, 0) is 24.8 Å². The number of carbonyl (C=O) groups excluding carboxylic acids is 2. The van der Waals surface area contributed by atoms with Gasteiger partial charge < -0.3 is 4.79 Å². The first-order chi connectivity index (χ1) is 8.36. The van der Waals surface area contributed by atoms with Crippen molar-refractivity contribution in [1.29, 1.82) is 0 Å². The molecule has 91 valence electrons. The van der Waals surface area contributed by atoms with Gasteiger partial charge in [-0.25, -0.2) is 0 Å². The number of carbonyl (C=O) groups is 1. The smallest absolute Gasteiger partial charge is 0.202 e. The fourth-order valence-corrected chi connectivity index (χ4v) is 1.88. The number of unbranched alkanes of at least 4 members (excludes halogenated alkanes) is 2. The van der Waals surface area contributed by atoms with Crippen LogP contribution in [0.5, 0.6) is 0 Å². The Labute approximate surface area is 103 Å². The highest BCUT2D eigenvalue weighted by Crippen LogP contribution is 2.12. The molecule has 0 saturated heterocycles. The molecule has 1 aromatic carbocycles. The van der Waals surface area contributed by atoms with Gasteiger partial charge in [0.25, 0.3) is 0 Å². The molecule has 17 heavy (non-hydrogen) atoms. The average Bonchev–Trinajstić information content (AvgIpc) is 2.38. The molecule has 1 radical (unpaired) electrons. The van der Waals surface area contributed by atoms with Crippen LogP contribution >= 0.6 is 0 Å². The van der Waals surface area contributed by atoms with Crippen molar-refractivity contribution in [2.24, 2.45) is 5.92 Å². The number of aryl methyl sites for hydroxylation is 1. The quantitative estimate of drug-likeness (QED) is 0.483. The van der Waals surface area contributed by atoms with Gasteiger partial charge in [-0.2, -0.15) is 0 Å². The summed E-state index contributed by atoms with van der Waals surface area (Å²) in [6, 6.07) is 10.4. The largest absolute Gasteiger partial charge is 0.303 e. The molecule has 1 rings (SSSR count). The summed E-state index contributed by atoms with van der Waals surface area (Å²) in [4.78, 5) is 20.8. The van der Waals surface area contributed by atoms with Crippen LogP contribution in [0.25, 0.3) is 0 Å². The molecule has 2 heteroatoms. The van der Waals surface area contributed by atoms with E-state index in [9.17, 15) is 9.59 Å². The molecule has 1 atom stereocenters. The molecular weight excluding hydrogens is 212 g/mol. The van der Waals surface area contributed by atoms with Crippen molar-refractivity contribution in [3.05, 3.63) is 35.9 Å². The fraction of sp³-hybridized carbons (Fsp3) is 0.467. The maximum Gasteiger partial charge on any atom is 0.202 e. The topological polar surface area (TPSA) is 34.1 Å². The van der Waals surface area contributed by atoms with Crippen LogP contribution in [-0.2, 0) is 16.0 Å². The van der Waals surface area contributed by atoms with Gasteiger partial charge in [-0.15, -0.1) is 0 Å². The van der Waals surface area contributed by atoms with E-state index in [1.807, 2.05) is 12.4 Å².